The first-order chi connectivity index (χ1) is 18.8. The molecule has 2 nitrogen and oxygen atoms in total. The van der Waals surface area contributed by atoms with Gasteiger partial charge in [-0.1, -0.05) is 97.1 Å². The quantitative estimate of drug-likeness (QED) is 0.265. The van der Waals surface area contributed by atoms with E-state index in [-0.39, 0.29) is 0 Å². The summed E-state index contributed by atoms with van der Waals surface area (Å²) in [6.45, 7) is 0. The first-order valence-corrected chi connectivity index (χ1v) is 13.2. The molecule has 1 aliphatic heterocycles. The molecular formula is C36H28N2. The molecule has 1 aliphatic carbocycles. The second kappa shape index (κ2) is 9.57. The molecule has 5 aromatic carbocycles. The molecule has 1 heterocycles. The molecule has 2 aliphatic rings. The van der Waals surface area contributed by atoms with Crippen molar-refractivity contribution in [1.82, 2.24) is 0 Å². The number of rotatable bonds is 5. The SMILES string of the molecule is C1=CCC2C(=C1)N(c1ccc(-c3ccc(Nc4ccc(-c5ccccc5)cc4)cc3)cc1)c1ccccc12. The van der Waals surface area contributed by atoms with E-state index in [1.165, 1.54) is 44.9 Å². The van der Waals surface area contributed by atoms with E-state index in [1.54, 1.807) is 0 Å². The van der Waals surface area contributed by atoms with Gasteiger partial charge in [-0.3, -0.25) is 0 Å². The highest BCUT2D eigenvalue weighted by Gasteiger charge is 2.34. The molecule has 0 spiro atoms. The number of anilines is 4. The minimum absolute atomic E-state index is 0.450. The van der Waals surface area contributed by atoms with E-state index in [9.17, 15) is 0 Å². The van der Waals surface area contributed by atoms with Gasteiger partial charge in [0.15, 0.2) is 0 Å². The number of nitrogens with zero attached hydrogens (tertiary/aromatic N) is 1. The molecule has 0 aromatic heterocycles. The van der Waals surface area contributed by atoms with E-state index in [2.05, 4.69) is 150 Å². The molecule has 182 valence electrons. The Balaban J connectivity index is 1.08. The van der Waals surface area contributed by atoms with Crippen molar-refractivity contribution < 1.29 is 0 Å². The molecule has 2 heteroatoms. The number of hydrogen-bond donors (Lipinski definition) is 1. The topological polar surface area (TPSA) is 15.3 Å². The summed E-state index contributed by atoms with van der Waals surface area (Å²) in [4.78, 5) is 2.42. The lowest BCUT2D eigenvalue weighted by Crippen LogP contribution is -2.14. The Labute approximate surface area is 224 Å². The molecule has 1 unspecified atom stereocenters. The summed E-state index contributed by atoms with van der Waals surface area (Å²) in [5.41, 5.74) is 12.3. The number of fused-ring (bicyclic) bond motifs is 3. The molecule has 38 heavy (non-hydrogen) atoms. The molecule has 5 aromatic rings. The summed E-state index contributed by atoms with van der Waals surface area (Å²) < 4.78 is 0. The van der Waals surface area contributed by atoms with Crippen molar-refractivity contribution in [3.63, 3.8) is 0 Å². The minimum Gasteiger partial charge on any atom is -0.356 e. The zero-order valence-corrected chi connectivity index (χ0v) is 21.1. The number of nitrogens with one attached hydrogen (secondary N) is 1. The average Bonchev–Trinajstić information content (AvgIpc) is 3.33. The molecule has 0 saturated heterocycles. The molecule has 0 amide bonds. The number of para-hydroxylation sites is 1. The maximum absolute atomic E-state index is 3.52. The van der Waals surface area contributed by atoms with Crippen molar-refractivity contribution in [3.05, 3.63) is 157 Å². The fraction of sp³-hybridized carbons (Fsp3) is 0.0556. The third-order valence-electron chi connectivity index (χ3n) is 7.57. The van der Waals surface area contributed by atoms with Crippen molar-refractivity contribution in [2.24, 2.45) is 0 Å². The van der Waals surface area contributed by atoms with Gasteiger partial charge in [-0.2, -0.15) is 0 Å². The first kappa shape index (κ1) is 22.4. The van der Waals surface area contributed by atoms with E-state index in [1.807, 2.05) is 6.07 Å². The summed E-state index contributed by atoms with van der Waals surface area (Å²) in [7, 11) is 0. The van der Waals surface area contributed by atoms with Gasteiger partial charge in [0.25, 0.3) is 0 Å². The molecule has 0 bridgehead atoms. The third-order valence-corrected chi connectivity index (χ3v) is 7.57. The lowest BCUT2D eigenvalue weighted by Gasteiger charge is -2.24. The fourth-order valence-electron chi connectivity index (χ4n) is 5.64. The van der Waals surface area contributed by atoms with Crippen LogP contribution in [0.2, 0.25) is 0 Å². The van der Waals surface area contributed by atoms with Crippen LogP contribution in [0.4, 0.5) is 22.7 Å². The fourth-order valence-corrected chi connectivity index (χ4v) is 5.64. The smallest absolute Gasteiger partial charge is 0.0497 e. The van der Waals surface area contributed by atoms with Crippen LogP contribution in [0.1, 0.15) is 17.9 Å². The molecule has 1 N–H and O–H groups in total. The normalized spacial score (nSPS) is 15.5. The first-order valence-electron chi connectivity index (χ1n) is 13.2. The van der Waals surface area contributed by atoms with Crippen molar-refractivity contribution in [2.75, 3.05) is 10.2 Å². The van der Waals surface area contributed by atoms with Crippen LogP contribution in [0.25, 0.3) is 22.3 Å². The van der Waals surface area contributed by atoms with Crippen LogP contribution in [0.15, 0.2) is 151 Å². The number of benzene rings is 5. The number of allylic oxidation sites excluding steroid dienone is 4. The summed E-state index contributed by atoms with van der Waals surface area (Å²) in [6.07, 6.45) is 7.79. The van der Waals surface area contributed by atoms with Crippen LogP contribution in [0.3, 0.4) is 0 Å². The van der Waals surface area contributed by atoms with E-state index in [4.69, 9.17) is 0 Å². The van der Waals surface area contributed by atoms with Crippen molar-refractivity contribution in [1.29, 1.82) is 0 Å². The van der Waals surface area contributed by atoms with Gasteiger partial charge in [0.05, 0.1) is 0 Å². The predicted molar refractivity (Wildman–Crippen MR) is 160 cm³/mol. The van der Waals surface area contributed by atoms with Crippen LogP contribution >= 0.6 is 0 Å². The molecule has 0 fully saturated rings. The standard InChI is InChI=1S/C36H28N2/c1-2-8-26(9-3-1)27-14-20-30(21-15-27)37-31-22-16-28(17-23-31)29-18-24-32(25-19-29)38-35-12-6-4-10-33(35)34-11-5-7-13-36(34)38/h1-10,12-25,34,37H,11H2. The summed E-state index contributed by atoms with van der Waals surface area (Å²) in [5.74, 6) is 0.450. The Morgan fingerprint density at radius 2 is 1.11 bits per heavy atom. The van der Waals surface area contributed by atoms with Gasteiger partial charge >= 0.3 is 0 Å². The third kappa shape index (κ3) is 4.10. The number of hydrogen-bond acceptors (Lipinski definition) is 2. The summed E-state index contributed by atoms with van der Waals surface area (Å²) >= 11 is 0. The Kier molecular flexibility index (Phi) is 5.64. The molecule has 0 saturated carbocycles. The van der Waals surface area contributed by atoms with Crippen LogP contribution < -0.4 is 10.2 Å². The highest BCUT2D eigenvalue weighted by atomic mass is 15.2. The van der Waals surface area contributed by atoms with Crippen LogP contribution in [0.5, 0.6) is 0 Å². The average molecular weight is 489 g/mol. The van der Waals surface area contributed by atoms with Gasteiger partial charge in [0, 0.05) is 34.4 Å². The van der Waals surface area contributed by atoms with Gasteiger partial charge in [-0.25, -0.2) is 0 Å². The predicted octanol–water partition coefficient (Wildman–Crippen LogP) is 9.84. The Bertz CT molecular complexity index is 1630. The van der Waals surface area contributed by atoms with Crippen LogP contribution in [-0.4, -0.2) is 0 Å². The van der Waals surface area contributed by atoms with Crippen LogP contribution in [-0.2, 0) is 0 Å². The zero-order valence-electron chi connectivity index (χ0n) is 21.1. The van der Waals surface area contributed by atoms with Crippen molar-refractivity contribution in [2.45, 2.75) is 12.3 Å². The molecule has 0 radical (unpaired) electrons. The van der Waals surface area contributed by atoms with Crippen LogP contribution in [0, 0.1) is 0 Å². The van der Waals surface area contributed by atoms with Gasteiger partial charge < -0.3 is 10.2 Å². The van der Waals surface area contributed by atoms with E-state index < -0.39 is 0 Å². The van der Waals surface area contributed by atoms with E-state index in [0.29, 0.717) is 5.92 Å². The van der Waals surface area contributed by atoms with E-state index >= 15 is 0 Å². The highest BCUT2D eigenvalue weighted by molar-refractivity contribution is 5.80. The second-order valence-electron chi connectivity index (χ2n) is 9.89. The Hall–Kier alpha value is -4.82. The maximum Gasteiger partial charge on any atom is 0.0497 e. The summed E-state index contributed by atoms with van der Waals surface area (Å²) in [6, 6.07) is 45.5. The summed E-state index contributed by atoms with van der Waals surface area (Å²) in [5, 5.41) is 3.52. The zero-order chi connectivity index (χ0) is 25.3. The van der Waals surface area contributed by atoms with Gasteiger partial charge in [-0.05, 0) is 82.8 Å². The maximum atomic E-state index is 3.52. The van der Waals surface area contributed by atoms with Crippen molar-refractivity contribution in [3.8, 4) is 22.3 Å². The second-order valence-corrected chi connectivity index (χ2v) is 9.89. The highest BCUT2D eigenvalue weighted by Crippen LogP contribution is 2.50. The molecular weight excluding hydrogens is 460 g/mol. The van der Waals surface area contributed by atoms with Gasteiger partial charge in [0.1, 0.15) is 0 Å². The monoisotopic (exact) mass is 488 g/mol. The minimum atomic E-state index is 0.450. The largest absolute Gasteiger partial charge is 0.356 e. The van der Waals surface area contributed by atoms with Gasteiger partial charge in [0.2, 0.25) is 0 Å². The lowest BCUT2D eigenvalue weighted by molar-refractivity contribution is 0.819. The lowest BCUT2D eigenvalue weighted by atomic mass is 9.92. The van der Waals surface area contributed by atoms with E-state index in [0.717, 1.165) is 17.8 Å². The Morgan fingerprint density at radius 3 is 1.76 bits per heavy atom. The molecule has 1 atom stereocenters. The van der Waals surface area contributed by atoms with Crippen molar-refractivity contribution >= 4 is 22.7 Å². The molecule has 7 rings (SSSR count). The van der Waals surface area contributed by atoms with Gasteiger partial charge in [-0.15, -0.1) is 0 Å². The Morgan fingerprint density at radius 1 is 0.553 bits per heavy atom.